The third-order valence-corrected chi connectivity index (χ3v) is 2.45. The van der Waals surface area contributed by atoms with Crippen molar-refractivity contribution in [3.05, 3.63) is 29.3 Å². The number of carbonyl (C=O) groups is 1. The van der Waals surface area contributed by atoms with Gasteiger partial charge in [0.15, 0.2) is 0 Å². The standard InChI is InChI=1S/C10H11BrO3/c1-13-9-7(6-11)4-3-5-8(9)10(12)14-2/h3-5H,6H2,1-2H3. The third-order valence-electron chi connectivity index (χ3n) is 1.85. The Labute approximate surface area is 91.1 Å². The van der Waals surface area contributed by atoms with Crippen LogP contribution in [0.2, 0.25) is 0 Å². The maximum Gasteiger partial charge on any atom is 0.341 e. The molecule has 0 unspecified atom stereocenters. The van der Waals surface area contributed by atoms with Crippen LogP contribution >= 0.6 is 15.9 Å². The second kappa shape index (κ2) is 5.00. The highest BCUT2D eigenvalue weighted by Crippen LogP contribution is 2.26. The summed E-state index contributed by atoms with van der Waals surface area (Å²) < 4.78 is 9.80. The van der Waals surface area contributed by atoms with Crippen molar-refractivity contribution in [1.29, 1.82) is 0 Å². The van der Waals surface area contributed by atoms with Crippen LogP contribution in [-0.4, -0.2) is 20.2 Å². The van der Waals surface area contributed by atoms with E-state index in [1.54, 1.807) is 12.1 Å². The SMILES string of the molecule is COC(=O)c1cccc(CBr)c1OC. The summed E-state index contributed by atoms with van der Waals surface area (Å²) in [7, 11) is 2.89. The highest BCUT2D eigenvalue weighted by molar-refractivity contribution is 9.08. The summed E-state index contributed by atoms with van der Waals surface area (Å²) in [6.45, 7) is 0. The molecule has 0 N–H and O–H groups in total. The lowest BCUT2D eigenvalue weighted by atomic mass is 10.1. The lowest BCUT2D eigenvalue weighted by Crippen LogP contribution is -2.05. The fourth-order valence-electron chi connectivity index (χ4n) is 1.20. The average molecular weight is 259 g/mol. The van der Waals surface area contributed by atoms with Crippen LogP contribution in [0.25, 0.3) is 0 Å². The third kappa shape index (κ3) is 2.07. The normalized spacial score (nSPS) is 9.64. The number of carbonyl (C=O) groups excluding carboxylic acids is 1. The van der Waals surface area contributed by atoms with E-state index in [2.05, 4.69) is 20.7 Å². The number of rotatable bonds is 3. The minimum absolute atomic E-state index is 0.385. The molecule has 0 amide bonds. The second-order valence-electron chi connectivity index (χ2n) is 2.62. The zero-order valence-corrected chi connectivity index (χ0v) is 9.63. The van der Waals surface area contributed by atoms with Crippen LogP contribution in [0.5, 0.6) is 5.75 Å². The van der Waals surface area contributed by atoms with E-state index >= 15 is 0 Å². The smallest absolute Gasteiger partial charge is 0.341 e. The molecule has 0 aromatic heterocycles. The van der Waals surface area contributed by atoms with Crippen molar-refractivity contribution in [2.45, 2.75) is 5.33 Å². The van der Waals surface area contributed by atoms with Crippen LogP contribution in [0.1, 0.15) is 15.9 Å². The Morgan fingerprint density at radius 3 is 2.64 bits per heavy atom. The molecule has 1 aromatic carbocycles. The van der Waals surface area contributed by atoms with E-state index in [0.29, 0.717) is 16.6 Å². The van der Waals surface area contributed by atoms with Crippen LogP contribution < -0.4 is 4.74 Å². The molecular formula is C10H11BrO3. The molecule has 0 heterocycles. The molecule has 0 spiro atoms. The minimum atomic E-state index is -0.385. The number of methoxy groups -OCH3 is 2. The molecular weight excluding hydrogens is 248 g/mol. The molecule has 0 aliphatic heterocycles. The van der Waals surface area contributed by atoms with Crippen LogP contribution in [0, 0.1) is 0 Å². The molecule has 0 atom stereocenters. The Bertz CT molecular complexity index is 336. The van der Waals surface area contributed by atoms with Crippen molar-refractivity contribution < 1.29 is 14.3 Å². The van der Waals surface area contributed by atoms with Gasteiger partial charge >= 0.3 is 5.97 Å². The molecule has 0 aliphatic rings. The molecule has 0 saturated heterocycles. The number of ether oxygens (including phenoxy) is 2. The van der Waals surface area contributed by atoms with Gasteiger partial charge in [-0.3, -0.25) is 0 Å². The van der Waals surface area contributed by atoms with E-state index in [9.17, 15) is 4.79 Å². The average Bonchev–Trinajstić information content (AvgIpc) is 2.26. The van der Waals surface area contributed by atoms with Gasteiger partial charge in [-0.25, -0.2) is 4.79 Å². The first kappa shape index (κ1) is 11.0. The number of alkyl halides is 1. The summed E-state index contributed by atoms with van der Waals surface area (Å²) in [5, 5.41) is 0.640. The molecule has 0 radical (unpaired) electrons. The van der Waals surface area contributed by atoms with Gasteiger partial charge in [0.1, 0.15) is 11.3 Å². The zero-order valence-electron chi connectivity index (χ0n) is 8.04. The summed E-state index contributed by atoms with van der Waals surface area (Å²) in [6, 6.07) is 5.36. The van der Waals surface area contributed by atoms with E-state index in [1.165, 1.54) is 14.2 Å². The Balaban J connectivity index is 3.21. The van der Waals surface area contributed by atoms with Gasteiger partial charge in [0.25, 0.3) is 0 Å². The van der Waals surface area contributed by atoms with Gasteiger partial charge in [0.05, 0.1) is 14.2 Å². The fourth-order valence-corrected chi connectivity index (χ4v) is 1.64. The Hall–Kier alpha value is -1.03. The Morgan fingerprint density at radius 2 is 2.14 bits per heavy atom. The molecule has 76 valence electrons. The van der Waals surface area contributed by atoms with Crippen molar-refractivity contribution in [2.75, 3.05) is 14.2 Å². The number of esters is 1. The largest absolute Gasteiger partial charge is 0.496 e. The quantitative estimate of drug-likeness (QED) is 0.617. The predicted molar refractivity (Wildman–Crippen MR) is 57.0 cm³/mol. The van der Waals surface area contributed by atoms with Crippen LogP contribution in [0.4, 0.5) is 0 Å². The Kier molecular flexibility index (Phi) is 3.95. The summed E-state index contributed by atoms with van der Waals surface area (Å²) in [6.07, 6.45) is 0. The first-order valence-corrected chi connectivity index (χ1v) is 5.17. The van der Waals surface area contributed by atoms with Crippen molar-refractivity contribution in [1.82, 2.24) is 0 Å². The number of hydrogen-bond acceptors (Lipinski definition) is 3. The number of para-hydroxylation sites is 1. The summed E-state index contributed by atoms with van der Waals surface area (Å²) in [4.78, 5) is 11.3. The number of benzene rings is 1. The highest BCUT2D eigenvalue weighted by Gasteiger charge is 2.14. The second-order valence-corrected chi connectivity index (χ2v) is 3.18. The highest BCUT2D eigenvalue weighted by atomic mass is 79.9. The van der Waals surface area contributed by atoms with Gasteiger partial charge < -0.3 is 9.47 Å². The van der Waals surface area contributed by atoms with Crippen molar-refractivity contribution >= 4 is 21.9 Å². The molecule has 0 bridgehead atoms. The van der Waals surface area contributed by atoms with Crippen molar-refractivity contribution in [2.24, 2.45) is 0 Å². The molecule has 4 heteroatoms. The first-order chi connectivity index (χ1) is 6.74. The summed E-state index contributed by atoms with van der Waals surface area (Å²) in [5.74, 6) is 0.181. The molecule has 3 nitrogen and oxygen atoms in total. The van der Waals surface area contributed by atoms with Crippen molar-refractivity contribution in [3.63, 3.8) is 0 Å². The van der Waals surface area contributed by atoms with Crippen LogP contribution in [0.3, 0.4) is 0 Å². The minimum Gasteiger partial charge on any atom is -0.496 e. The fraction of sp³-hybridized carbons (Fsp3) is 0.300. The molecule has 1 aromatic rings. The predicted octanol–water partition coefficient (Wildman–Crippen LogP) is 2.38. The van der Waals surface area contributed by atoms with Crippen LogP contribution in [0.15, 0.2) is 18.2 Å². The first-order valence-electron chi connectivity index (χ1n) is 4.04. The van der Waals surface area contributed by atoms with Crippen molar-refractivity contribution in [3.8, 4) is 5.75 Å². The molecule has 0 saturated carbocycles. The van der Waals surface area contributed by atoms with Gasteiger partial charge in [-0.15, -0.1) is 0 Å². The van der Waals surface area contributed by atoms with Gasteiger partial charge in [-0.2, -0.15) is 0 Å². The Morgan fingerprint density at radius 1 is 1.43 bits per heavy atom. The monoisotopic (exact) mass is 258 g/mol. The lowest BCUT2D eigenvalue weighted by molar-refractivity contribution is 0.0597. The maximum absolute atomic E-state index is 11.3. The molecule has 0 fully saturated rings. The molecule has 0 aliphatic carbocycles. The van der Waals surface area contributed by atoms with Gasteiger partial charge in [-0.05, 0) is 6.07 Å². The maximum atomic E-state index is 11.3. The van der Waals surface area contributed by atoms with E-state index < -0.39 is 0 Å². The number of halogens is 1. The van der Waals surface area contributed by atoms with E-state index in [-0.39, 0.29) is 5.97 Å². The van der Waals surface area contributed by atoms with Gasteiger partial charge in [-0.1, -0.05) is 28.1 Å². The van der Waals surface area contributed by atoms with E-state index in [0.717, 1.165) is 5.56 Å². The zero-order chi connectivity index (χ0) is 10.6. The van der Waals surface area contributed by atoms with Gasteiger partial charge in [0, 0.05) is 10.9 Å². The summed E-state index contributed by atoms with van der Waals surface area (Å²) in [5.41, 5.74) is 1.38. The summed E-state index contributed by atoms with van der Waals surface area (Å²) >= 11 is 3.32. The lowest BCUT2D eigenvalue weighted by Gasteiger charge is -2.09. The van der Waals surface area contributed by atoms with Gasteiger partial charge in [0.2, 0.25) is 0 Å². The van der Waals surface area contributed by atoms with E-state index in [1.807, 2.05) is 6.07 Å². The molecule has 14 heavy (non-hydrogen) atoms. The molecule has 1 rings (SSSR count). The van der Waals surface area contributed by atoms with E-state index in [4.69, 9.17) is 4.74 Å². The number of hydrogen-bond donors (Lipinski definition) is 0. The van der Waals surface area contributed by atoms with Crippen LogP contribution in [-0.2, 0) is 10.1 Å². The topological polar surface area (TPSA) is 35.5 Å².